The molecular formula is C15H15N5O2S2. The first-order chi connectivity index (χ1) is 11.6. The van der Waals surface area contributed by atoms with Crippen molar-refractivity contribution in [2.75, 3.05) is 10.6 Å². The summed E-state index contributed by atoms with van der Waals surface area (Å²) in [5.41, 5.74) is 0.942. The topological polar surface area (TPSA) is 92.9 Å². The highest BCUT2D eigenvalue weighted by atomic mass is 32.2. The van der Waals surface area contributed by atoms with Gasteiger partial charge in [-0.1, -0.05) is 46.5 Å². The van der Waals surface area contributed by atoms with E-state index in [-0.39, 0.29) is 11.2 Å². The van der Waals surface area contributed by atoms with Gasteiger partial charge in [0, 0.05) is 11.8 Å². The zero-order chi connectivity index (χ0) is 16.9. The van der Waals surface area contributed by atoms with Gasteiger partial charge in [0.1, 0.15) is 5.76 Å². The number of hydrogen-bond acceptors (Lipinski definition) is 8. The van der Waals surface area contributed by atoms with Crippen LogP contribution in [0.25, 0.3) is 0 Å². The number of aryl methyl sites for hydroxylation is 1. The highest BCUT2D eigenvalue weighted by Gasteiger charge is 2.18. The molecule has 1 aromatic carbocycles. The molecule has 2 heterocycles. The van der Waals surface area contributed by atoms with E-state index in [0.717, 1.165) is 5.69 Å². The van der Waals surface area contributed by atoms with Crippen LogP contribution >= 0.6 is 23.1 Å². The van der Waals surface area contributed by atoms with Crippen LogP contribution in [0.2, 0.25) is 0 Å². The van der Waals surface area contributed by atoms with E-state index in [4.69, 9.17) is 4.52 Å². The van der Waals surface area contributed by atoms with Crippen molar-refractivity contribution in [1.29, 1.82) is 0 Å². The lowest BCUT2D eigenvalue weighted by Crippen LogP contribution is -2.22. The first kappa shape index (κ1) is 16.5. The summed E-state index contributed by atoms with van der Waals surface area (Å²) in [5.74, 6) is 0.890. The minimum absolute atomic E-state index is 0.166. The lowest BCUT2D eigenvalue weighted by atomic mass is 10.3. The molecule has 0 spiro atoms. The summed E-state index contributed by atoms with van der Waals surface area (Å²) in [6, 6.07) is 11.4. The number of para-hydroxylation sites is 1. The number of rotatable bonds is 6. The zero-order valence-corrected chi connectivity index (χ0v) is 14.6. The molecular weight excluding hydrogens is 346 g/mol. The first-order valence-electron chi connectivity index (χ1n) is 7.16. The highest BCUT2D eigenvalue weighted by molar-refractivity contribution is 8.02. The van der Waals surface area contributed by atoms with Crippen LogP contribution in [0, 0.1) is 6.92 Å². The number of carbonyl (C=O) groups is 1. The molecule has 0 aliphatic carbocycles. The van der Waals surface area contributed by atoms with Gasteiger partial charge in [-0.3, -0.25) is 4.79 Å². The smallest absolute Gasteiger partial charge is 0.238 e. The molecule has 0 bridgehead atoms. The molecule has 0 aliphatic rings. The maximum atomic E-state index is 12.2. The molecule has 0 saturated carbocycles. The van der Waals surface area contributed by atoms with Crippen molar-refractivity contribution < 1.29 is 9.32 Å². The Kier molecular flexibility index (Phi) is 5.11. The summed E-state index contributed by atoms with van der Waals surface area (Å²) in [6.07, 6.45) is 0. The summed E-state index contributed by atoms with van der Waals surface area (Å²) < 4.78 is 5.64. The molecule has 3 rings (SSSR count). The van der Waals surface area contributed by atoms with Crippen LogP contribution < -0.4 is 10.6 Å². The second kappa shape index (κ2) is 7.45. The predicted octanol–water partition coefficient (Wildman–Crippen LogP) is 3.70. The standard InChI is InChI=1S/C15H15N5O2S2/c1-9-8-12(20-22-9)17-13(21)10(2)23-15-19-18-14(24-15)16-11-6-4-3-5-7-11/h3-8,10H,1-2H3,(H,16,18)(H,17,20,21)/t10-/m1/s1. The Labute approximate surface area is 146 Å². The Morgan fingerprint density at radius 2 is 2.08 bits per heavy atom. The second-order valence-corrected chi connectivity index (χ2v) is 7.50. The number of anilines is 3. The van der Waals surface area contributed by atoms with Crippen LogP contribution in [0.15, 0.2) is 45.3 Å². The largest absolute Gasteiger partial charge is 0.360 e. The maximum Gasteiger partial charge on any atom is 0.238 e. The third kappa shape index (κ3) is 4.33. The summed E-state index contributed by atoms with van der Waals surface area (Å²) in [6.45, 7) is 3.57. The Morgan fingerprint density at radius 1 is 1.29 bits per heavy atom. The molecule has 0 radical (unpaired) electrons. The average Bonchev–Trinajstić information content (AvgIpc) is 3.17. The monoisotopic (exact) mass is 361 g/mol. The predicted molar refractivity (Wildman–Crippen MR) is 94.8 cm³/mol. The van der Waals surface area contributed by atoms with Crippen molar-refractivity contribution in [2.24, 2.45) is 0 Å². The van der Waals surface area contributed by atoms with Crippen molar-refractivity contribution in [3.63, 3.8) is 0 Å². The van der Waals surface area contributed by atoms with Crippen LogP contribution in [0.3, 0.4) is 0 Å². The summed E-state index contributed by atoms with van der Waals surface area (Å²) >= 11 is 2.74. The van der Waals surface area contributed by atoms with Gasteiger partial charge >= 0.3 is 0 Å². The summed E-state index contributed by atoms with van der Waals surface area (Å²) in [5, 5.41) is 18.2. The lowest BCUT2D eigenvalue weighted by Gasteiger charge is -2.07. The number of thioether (sulfide) groups is 1. The Balaban J connectivity index is 1.56. The Hall–Kier alpha value is -2.39. The molecule has 9 heteroatoms. The maximum absolute atomic E-state index is 12.2. The van der Waals surface area contributed by atoms with Crippen LogP contribution in [0.4, 0.5) is 16.6 Å². The van der Waals surface area contributed by atoms with Crippen molar-refractivity contribution in [1.82, 2.24) is 15.4 Å². The van der Waals surface area contributed by atoms with E-state index in [9.17, 15) is 4.79 Å². The average molecular weight is 361 g/mol. The number of hydrogen-bond donors (Lipinski definition) is 2. The van der Waals surface area contributed by atoms with Gasteiger partial charge in [-0.05, 0) is 26.0 Å². The number of aromatic nitrogens is 3. The number of nitrogens with one attached hydrogen (secondary N) is 2. The molecule has 124 valence electrons. The summed E-state index contributed by atoms with van der Waals surface area (Å²) in [7, 11) is 0. The van der Waals surface area contributed by atoms with E-state index in [1.54, 1.807) is 19.9 Å². The van der Waals surface area contributed by atoms with Gasteiger partial charge in [0.15, 0.2) is 10.2 Å². The van der Waals surface area contributed by atoms with Crippen molar-refractivity contribution >= 4 is 45.6 Å². The van der Waals surface area contributed by atoms with Crippen LogP contribution in [0.5, 0.6) is 0 Å². The third-order valence-electron chi connectivity index (χ3n) is 2.96. The van der Waals surface area contributed by atoms with Crippen LogP contribution in [-0.2, 0) is 4.79 Å². The number of carbonyl (C=O) groups excluding carboxylic acids is 1. The normalized spacial score (nSPS) is 11.9. The molecule has 2 aromatic heterocycles. The minimum Gasteiger partial charge on any atom is -0.360 e. The zero-order valence-electron chi connectivity index (χ0n) is 13.0. The van der Waals surface area contributed by atoms with Gasteiger partial charge in [-0.15, -0.1) is 10.2 Å². The Morgan fingerprint density at radius 3 is 2.79 bits per heavy atom. The van der Waals surface area contributed by atoms with Crippen molar-refractivity contribution in [2.45, 2.75) is 23.4 Å². The highest BCUT2D eigenvalue weighted by Crippen LogP contribution is 2.30. The molecule has 2 N–H and O–H groups in total. The fourth-order valence-electron chi connectivity index (χ4n) is 1.81. The molecule has 0 aliphatic heterocycles. The fraction of sp³-hybridized carbons (Fsp3) is 0.200. The first-order valence-corrected chi connectivity index (χ1v) is 8.86. The fourth-order valence-corrected chi connectivity index (χ4v) is 3.73. The van der Waals surface area contributed by atoms with E-state index in [2.05, 4.69) is 26.0 Å². The molecule has 7 nitrogen and oxygen atoms in total. The molecule has 0 saturated heterocycles. The van der Waals surface area contributed by atoms with Gasteiger partial charge in [-0.2, -0.15) is 0 Å². The SMILES string of the molecule is Cc1cc(NC(=O)[C@@H](C)Sc2nnc(Nc3ccccc3)s2)no1. The molecule has 3 aromatic rings. The van der Waals surface area contributed by atoms with E-state index < -0.39 is 0 Å². The molecule has 1 atom stereocenters. The number of benzene rings is 1. The lowest BCUT2D eigenvalue weighted by molar-refractivity contribution is -0.115. The molecule has 0 fully saturated rings. The van der Waals surface area contributed by atoms with E-state index in [1.807, 2.05) is 30.3 Å². The second-order valence-electron chi connectivity index (χ2n) is 4.94. The van der Waals surface area contributed by atoms with Gasteiger partial charge < -0.3 is 15.2 Å². The van der Waals surface area contributed by atoms with E-state index >= 15 is 0 Å². The van der Waals surface area contributed by atoms with Gasteiger partial charge in [0.25, 0.3) is 0 Å². The minimum atomic E-state index is -0.334. The number of amides is 1. The summed E-state index contributed by atoms with van der Waals surface area (Å²) in [4.78, 5) is 12.2. The van der Waals surface area contributed by atoms with Crippen LogP contribution in [-0.4, -0.2) is 26.5 Å². The molecule has 0 unspecified atom stereocenters. The Bertz CT molecular complexity index is 818. The quantitative estimate of drug-likeness (QED) is 0.647. The van der Waals surface area contributed by atoms with E-state index in [1.165, 1.54) is 23.1 Å². The van der Waals surface area contributed by atoms with Gasteiger partial charge in [0.05, 0.1) is 5.25 Å². The van der Waals surface area contributed by atoms with E-state index in [0.29, 0.717) is 21.0 Å². The number of nitrogens with zero attached hydrogens (tertiary/aromatic N) is 3. The van der Waals surface area contributed by atoms with Gasteiger partial charge in [-0.25, -0.2) is 0 Å². The van der Waals surface area contributed by atoms with Crippen molar-refractivity contribution in [3.8, 4) is 0 Å². The van der Waals surface area contributed by atoms with Gasteiger partial charge in [0.2, 0.25) is 11.0 Å². The molecule has 24 heavy (non-hydrogen) atoms. The van der Waals surface area contributed by atoms with Crippen molar-refractivity contribution in [3.05, 3.63) is 42.2 Å². The molecule has 1 amide bonds. The third-order valence-corrected chi connectivity index (χ3v) is 4.98. The van der Waals surface area contributed by atoms with Crippen LogP contribution in [0.1, 0.15) is 12.7 Å².